The Morgan fingerprint density at radius 2 is 1.89 bits per heavy atom. The van der Waals surface area contributed by atoms with Crippen molar-refractivity contribution in [1.82, 2.24) is 5.01 Å². The van der Waals surface area contributed by atoms with Gasteiger partial charge in [-0.25, -0.2) is 15.2 Å². The number of aliphatic carboxylic acids is 1. The van der Waals surface area contributed by atoms with Crippen LogP contribution in [0.3, 0.4) is 0 Å². The zero-order valence-electron chi connectivity index (χ0n) is 9.75. The van der Waals surface area contributed by atoms with Gasteiger partial charge in [0.25, 0.3) is 5.91 Å². The first-order chi connectivity index (χ1) is 8.91. The van der Waals surface area contributed by atoms with E-state index in [0.717, 1.165) is 12.1 Å². The fraction of sp³-hybridized carbons (Fsp3) is 0.250. The van der Waals surface area contributed by atoms with E-state index >= 15 is 0 Å². The number of benzene rings is 1. The summed E-state index contributed by atoms with van der Waals surface area (Å²) in [6.07, 6.45) is -0.204. The molecule has 2 rings (SSSR count). The first kappa shape index (κ1) is 13.2. The zero-order valence-corrected chi connectivity index (χ0v) is 9.75. The number of nitrogens with zero attached hydrogens (tertiary/aromatic N) is 1. The van der Waals surface area contributed by atoms with Crippen LogP contribution in [0.2, 0.25) is 0 Å². The molecule has 0 aromatic heterocycles. The maximum atomic E-state index is 12.8. The van der Waals surface area contributed by atoms with Crippen molar-refractivity contribution in [3.05, 3.63) is 35.6 Å². The third kappa shape index (κ3) is 2.32. The minimum Gasteiger partial charge on any atom is -0.481 e. The van der Waals surface area contributed by atoms with Gasteiger partial charge in [0.1, 0.15) is 11.7 Å². The molecule has 100 valence electrons. The molecule has 0 aliphatic carbocycles. The summed E-state index contributed by atoms with van der Waals surface area (Å²) in [5.74, 6) is -0.504. The van der Waals surface area contributed by atoms with Crippen molar-refractivity contribution in [2.75, 3.05) is 0 Å². The molecule has 1 aromatic rings. The lowest BCUT2D eigenvalue weighted by atomic mass is 9.80. The zero-order chi connectivity index (χ0) is 14.2. The quantitative estimate of drug-likeness (QED) is 0.345. The Labute approximate surface area is 107 Å². The SMILES string of the molecule is NN1C(=O)C[C@H](c2ccc(F)cc2)[C@@H](C(=O)O)C1=O. The second-order valence-corrected chi connectivity index (χ2v) is 4.28. The van der Waals surface area contributed by atoms with E-state index in [0.29, 0.717) is 10.6 Å². The van der Waals surface area contributed by atoms with Crippen molar-refractivity contribution in [3.8, 4) is 0 Å². The van der Waals surface area contributed by atoms with Crippen LogP contribution in [0.15, 0.2) is 24.3 Å². The van der Waals surface area contributed by atoms with Crippen LogP contribution in [0.5, 0.6) is 0 Å². The Kier molecular flexibility index (Phi) is 3.30. The van der Waals surface area contributed by atoms with Gasteiger partial charge in [0.2, 0.25) is 5.91 Å². The van der Waals surface area contributed by atoms with E-state index in [1.807, 2.05) is 0 Å². The summed E-state index contributed by atoms with van der Waals surface area (Å²) >= 11 is 0. The first-order valence-electron chi connectivity index (χ1n) is 5.51. The van der Waals surface area contributed by atoms with Gasteiger partial charge in [0.15, 0.2) is 0 Å². The van der Waals surface area contributed by atoms with E-state index in [9.17, 15) is 18.8 Å². The van der Waals surface area contributed by atoms with Crippen LogP contribution < -0.4 is 5.84 Å². The Hall–Kier alpha value is -2.28. The van der Waals surface area contributed by atoms with E-state index in [1.165, 1.54) is 12.1 Å². The number of carboxylic acids is 1. The highest BCUT2D eigenvalue weighted by molar-refractivity contribution is 6.07. The van der Waals surface area contributed by atoms with Crippen LogP contribution in [0.4, 0.5) is 4.39 Å². The Balaban J connectivity index is 2.41. The van der Waals surface area contributed by atoms with Crippen molar-refractivity contribution in [1.29, 1.82) is 0 Å². The van der Waals surface area contributed by atoms with E-state index in [4.69, 9.17) is 10.9 Å². The molecule has 1 aliphatic heterocycles. The number of carbonyl (C=O) groups excluding carboxylic acids is 2. The number of amides is 2. The molecule has 19 heavy (non-hydrogen) atoms. The fourth-order valence-corrected chi connectivity index (χ4v) is 2.15. The second kappa shape index (κ2) is 4.77. The number of rotatable bonds is 2. The number of halogens is 1. The molecule has 2 amide bonds. The van der Waals surface area contributed by atoms with Crippen molar-refractivity contribution in [2.24, 2.45) is 11.8 Å². The molecule has 1 heterocycles. The molecule has 1 aromatic carbocycles. The smallest absolute Gasteiger partial charge is 0.316 e. The summed E-state index contributed by atoms with van der Waals surface area (Å²) in [5.41, 5.74) is 0.420. The molecule has 0 bridgehead atoms. The number of hydrogen-bond acceptors (Lipinski definition) is 4. The lowest BCUT2D eigenvalue weighted by Gasteiger charge is -2.31. The standard InChI is InChI=1S/C12H11FN2O4/c13-7-3-1-6(2-4-7)8-5-9(16)15(14)11(17)10(8)12(18)19/h1-4,8,10H,5,14H2,(H,18,19)/t8-,10-/m1/s1. The van der Waals surface area contributed by atoms with Crippen LogP contribution in [-0.4, -0.2) is 27.9 Å². The number of carbonyl (C=O) groups is 3. The molecule has 6 nitrogen and oxygen atoms in total. The Morgan fingerprint density at radius 3 is 2.42 bits per heavy atom. The lowest BCUT2D eigenvalue weighted by molar-refractivity contribution is -0.160. The number of hydrazine groups is 1. The molecule has 0 saturated carbocycles. The van der Waals surface area contributed by atoms with Gasteiger partial charge in [-0.3, -0.25) is 14.4 Å². The third-order valence-electron chi connectivity index (χ3n) is 3.13. The maximum Gasteiger partial charge on any atom is 0.316 e. The number of imide groups is 1. The monoisotopic (exact) mass is 266 g/mol. The van der Waals surface area contributed by atoms with E-state index in [1.54, 1.807) is 0 Å². The van der Waals surface area contributed by atoms with Crippen LogP contribution in [-0.2, 0) is 14.4 Å². The van der Waals surface area contributed by atoms with Gasteiger partial charge in [-0.2, -0.15) is 0 Å². The van der Waals surface area contributed by atoms with Gasteiger partial charge in [-0.15, -0.1) is 0 Å². The molecule has 3 N–H and O–H groups in total. The van der Waals surface area contributed by atoms with Gasteiger partial charge in [0.05, 0.1) is 0 Å². The highest BCUT2D eigenvalue weighted by Gasteiger charge is 2.45. The van der Waals surface area contributed by atoms with Gasteiger partial charge < -0.3 is 5.11 Å². The first-order valence-corrected chi connectivity index (χ1v) is 5.51. The lowest BCUT2D eigenvalue weighted by Crippen LogP contribution is -2.54. The minimum absolute atomic E-state index is 0.204. The van der Waals surface area contributed by atoms with Crippen molar-refractivity contribution < 1.29 is 23.9 Å². The highest BCUT2D eigenvalue weighted by Crippen LogP contribution is 2.33. The summed E-state index contributed by atoms with van der Waals surface area (Å²) in [5, 5.41) is 9.44. The fourth-order valence-electron chi connectivity index (χ4n) is 2.15. The average molecular weight is 266 g/mol. The van der Waals surface area contributed by atoms with Gasteiger partial charge in [0, 0.05) is 12.3 Å². The van der Waals surface area contributed by atoms with Gasteiger partial charge >= 0.3 is 5.97 Å². The molecule has 2 atom stereocenters. The molecule has 1 fully saturated rings. The van der Waals surface area contributed by atoms with E-state index in [2.05, 4.69) is 0 Å². The summed E-state index contributed by atoms with van der Waals surface area (Å²) in [6, 6.07) is 5.03. The molecule has 0 unspecified atom stereocenters. The Morgan fingerprint density at radius 1 is 1.32 bits per heavy atom. The average Bonchev–Trinajstić information content (AvgIpc) is 2.36. The van der Waals surface area contributed by atoms with Gasteiger partial charge in [-0.1, -0.05) is 12.1 Å². The number of carboxylic acid groups (broad SMARTS) is 1. The normalized spacial score (nSPS) is 23.6. The number of piperidine rings is 1. The second-order valence-electron chi connectivity index (χ2n) is 4.28. The molecular formula is C12H11FN2O4. The predicted octanol–water partition coefficient (Wildman–Crippen LogP) is 0.243. The summed E-state index contributed by atoms with van der Waals surface area (Å²) in [7, 11) is 0. The van der Waals surface area contributed by atoms with Crippen LogP contribution in [0.25, 0.3) is 0 Å². The molecular weight excluding hydrogens is 255 g/mol. The molecule has 1 saturated heterocycles. The van der Waals surface area contributed by atoms with Crippen molar-refractivity contribution >= 4 is 17.8 Å². The largest absolute Gasteiger partial charge is 0.481 e. The Bertz CT molecular complexity index is 543. The number of hydrogen-bond donors (Lipinski definition) is 2. The van der Waals surface area contributed by atoms with Crippen LogP contribution in [0, 0.1) is 11.7 Å². The summed E-state index contributed by atoms with van der Waals surface area (Å²) in [6.45, 7) is 0. The topological polar surface area (TPSA) is 101 Å². The van der Waals surface area contributed by atoms with Crippen LogP contribution >= 0.6 is 0 Å². The number of nitrogens with two attached hydrogens (primary N) is 1. The molecule has 0 spiro atoms. The summed E-state index contributed by atoms with van der Waals surface area (Å²) in [4.78, 5) is 34.5. The van der Waals surface area contributed by atoms with Gasteiger partial charge in [-0.05, 0) is 17.7 Å². The minimum atomic E-state index is -1.44. The van der Waals surface area contributed by atoms with Crippen molar-refractivity contribution in [3.63, 3.8) is 0 Å². The van der Waals surface area contributed by atoms with E-state index < -0.39 is 35.4 Å². The molecule has 1 aliphatic rings. The highest BCUT2D eigenvalue weighted by atomic mass is 19.1. The predicted molar refractivity (Wildman–Crippen MR) is 60.9 cm³/mol. The molecule has 0 radical (unpaired) electrons. The molecule has 7 heteroatoms. The maximum absolute atomic E-state index is 12.8. The van der Waals surface area contributed by atoms with E-state index in [-0.39, 0.29) is 6.42 Å². The van der Waals surface area contributed by atoms with Crippen molar-refractivity contribution in [2.45, 2.75) is 12.3 Å². The van der Waals surface area contributed by atoms with Crippen LogP contribution in [0.1, 0.15) is 17.9 Å². The summed E-state index contributed by atoms with van der Waals surface area (Å²) < 4.78 is 12.8. The third-order valence-corrected chi connectivity index (χ3v) is 3.13.